The molecule has 5 rings (SSSR count). The van der Waals surface area contributed by atoms with E-state index in [1.54, 1.807) is 0 Å². The summed E-state index contributed by atoms with van der Waals surface area (Å²) in [6.07, 6.45) is 1.84. The van der Waals surface area contributed by atoms with E-state index in [9.17, 15) is 4.79 Å². The van der Waals surface area contributed by atoms with Crippen molar-refractivity contribution >= 4 is 11.8 Å². The lowest BCUT2D eigenvalue weighted by Crippen LogP contribution is -2.44. The molecule has 224 valence electrons. The number of rotatable bonds is 10. The first-order valence-electron chi connectivity index (χ1n) is 15.0. The fourth-order valence-corrected chi connectivity index (χ4v) is 5.04. The number of nitrogens with one attached hydrogen (secondary N) is 1. The van der Waals surface area contributed by atoms with Gasteiger partial charge < -0.3 is 24.4 Å². The number of benzene rings is 3. The number of hydrogen-bond donors (Lipinski definition) is 1. The number of piperidine rings is 1. The third-order valence-electron chi connectivity index (χ3n) is 7.24. The Kier molecular flexibility index (Phi) is 9.82. The van der Waals surface area contributed by atoms with Crippen molar-refractivity contribution < 1.29 is 19.0 Å². The molecular weight excluding hydrogens is 538 g/mol. The molecule has 1 amide bonds. The molecule has 0 bridgehead atoms. The molecule has 0 spiro atoms. The Morgan fingerprint density at radius 1 is 0.860 bits per heavy atom. The molecule has 7 nitrogen and oxygen atoms in total. The van der Waals surface area contributed by atoms with Gasteiger partial charge >= 0.3 is 6.09 Å². The largest absolute Gasteiger partial charge is 0.473 e. The average Bonchev–Trinajstić information content (AvgIpc) is 3.02. The maximum absolute atomic E-state index is 12.5. The molecule has 2 heterocycles. The SMILES string of the molecule is CC(C)(C)OC(=O)N1CCC[C@@H](CNc2ccc(-c3ccc(OCc4ccccc4)nc3OCc3ccccc3)cc2)C1. The summed E-state index contributed by atoms with van der Waals surface area (Å²) in [5, 5.41) is 3.56. The molecule has 1 aliphatic heterocycles. The summed E-state index contributed by atoms with van der Waals surface area (Å²) in [5.74, 6) is 1.41. The van der Waals surface area contributed by atoms with Gasteiger partial charge in [0.25, 0.3) is 0 Å². The molecule has 0 unspecified atom stereocenters. The quantitative estimate of drug-likeness (QED) is 0.205. The van der Waals surface area contributed by atoms with Crippen LogP contribution in [0.1, 0.15) is 44.7 Å². The minimum Gasteiger partial charge on any atom is -0.473 e. The standard InChI is InChI=1S/C36H41N3O4/c1-36(2,3)43-35(40)39-22-10-15-29(24-39)23-37-31-18-16-30(17-19-31)32-20-21-33(41-25-27-11-6-4-7-12-27)38-34(32)42-26-28-13-8-5-9-14-28/h4-9,11-14,16-21,29,37H,10,15,22-26H2,1-3H3/t29-/m0/s1. The molecule has 1 atom stereocenters. The Morgan fingerprint density at radius 3 is 2.16 bits per heavy atom. The summed E-state index contributed by atoms with van der Waals surface area (Å²) >= 11 is 0. The van der Waals surface area contributed by atoms with Crippen molar-refractivity contribution in [2.24, 2.45) is 5.92 Å². The minimum absolute atomic E-state index is 0.225. The van der Waals surface area contributed by atoms with E-state index < -0.39 is 5.60 Å². The van der Waals surface area contributed by atoms with Crippen molar-refractivity contribution in [2.45, 2.75) is 52.4 Å². The molecule has 1 saturated heterocycles. The fourth-order valence-electron chi connectivity index (χ4n) is 5.04. The van der Waals surface area contributed by atoms with E-state index in [2.05, 4.69) is 29.6 Å². The van der Waals surface area contributed by atoms with Crippen molar-refractivity contribution in [1.82, 2.24) is 9.88 Å². The number of carbonyl (C=O) groups is 1. The predicted molar refractivity (Wildman–Crippen MR) is 170 cm³/mol. The van der Waals surface area contributed by atoms with Gasteiger partial charge in [0.2, 0.25) is 11.8 Å². The highest BCUT2D eigenvalue weighted by molar-refractivity contribution is 5.71. The van der Waals surface area contributed by atoms with Crippen molar-refractivity contribution in [3.63, 3.8) is 0 Å². The zero-order valence-electron chi connectivity index (χ0n) is 25.3. The highest BCUT2D eigenvalue weighted by atomic mass is 16.6. The van der Waals surface area contributed by atoms with Crippen LogP contribution in [0, 0.1) is 5.92 Å². The summed E-state index contributed by atoms with van der Waals surface area (Å²) in [5.41, 5.74) is 4.59. The van der Waals surface area contributed by atoms with E-state index in [0.29, 0.717) is 37.4 Å². The predicted octanol–water partition coefficient (Wildman–Crippen LogP) is 7.97. The molecule has 3 aromatic carbocycles. The average molecular weight is 580 g/mol. The second kappa shape index (κ2) is 14.1. The number of carbonyl (C=O) groups excluding carboxylic acids is 1. The van der Waals surface area contributed by atoms with Gasteiger partial charge in [-0.1, -0.05) is 72.8 Å². The summed E-state index contributed by atoms with van der Waals surface area (Å²) in [6.45, 7) is 8.79. The van der Waals surface area contributed by atoms with Gasteiger partial charge in [0.15, 0.2) is 0 Å². The zero-order chi connectivity index (χ0) is 30.1. The van der Waals surface area contributed by atoms with Crippen molar-refractivity contribution in [3.8, 4) is 22.9 Å². The molecule has 1 aromatic heterocycles. The van der Waals surface area contributed by atoms with Gasteiger partial charge in [-0.05, 0) is 74.4 Å². The second-order valence-electron chi connectivity index (χ2n) is 11.9. The highest BCUT2D eigenvalue weighted by Gasteiger charge is 2.27. The number of pyridine rings is 1. The zero-order valence-corrected chi connectivity index (χ0v) is 25.3. The van der Waals surface area contributed by atoms with E-state index in [1.165, 1.54) is 0 Å². The van der Waals surface area contributed by atoms with Gasteiger partial charge in [-0.25, -0.2) is 4.79 Å². The van der Waals surface area contributed by atoms with Crippen LogP contribution in [0.25, 0.3) is 11.1 Å². The number of anilines is 1. The van der Waals surface area contributed by atoms with Gasteiger partial charge in [0, 0.05) is 37.0 Å². The van der Waals surface area contributed by atoms with Crippen LogP contribution in [0.15, 0.2) is 97.1 Å². The Balaban J connectivity index is 1.24. The van der Waals surface area contributed by atoms with Crippen LogP contribution in [-0.2, 0) is 18.0 Å². The topological polar surface area (TPSA) is 72.9 Å². The van der Waals surface area contributed by atoms with Gasteiger partial charge in [-0.3, -0.25) is 0 Å². The maximum atomic E-state index is 12.5. The van der Waals surface area contributed by atoms with Gasteiger partial charge in [-0.15, -0.1) is 0 Å². The molecule has 0 aliphatic carbocycles. The third-order valence-corrected chi connectivity index (χ3v) is 7.24. The molecule has 4 aromatic rings. The molecule has 0 saturated carbocycles. The normalized spacial score (nSPS) is 15.0. The highest BCUT2D eigenvalue weighted by Crippen LogP contribution is 2.32. The Hall–Kier alpha value is -4.52. The smallest absolute Gasteiger partial charge is 0.410 e. The number of amides is 1. The third kappa shape index (κ3) is 8.98. The van der Waals surface area contributed by atoms with E-state index in [1.807, 2.05) is 98.5 Å². The molecule has 1 aliphatic rings. The van der Waals surface area contributed by atoms with Crippen molar-refractivity contribution in [2.75, 3.05) is 25.0 Å². The summed E-state index contributed by atoms with van der Waals surface area (Å²) < 4.78 is 17.8. The lowest BCUT2D eigenvalue weighted by Gasteiger charge is -2.34. The number of hydrogen-bond acceptors (Lipinski definition) is 6. The molecule has 0 radical (unpaired) electrons. The first kappa shape index (κ1) is 30.0. The fraction of sp³-hybridized carbons (Fsp3) is 0.333. The molecule has 43 heavy (non-hydrogen) atoms. The Labute approximate surface area is 254 Å². The Bertz CT molecular complexity index is 1450. The minimum atomic E-state index is -0.485. The van der Waals surface area contributed by atoms with Crippen LogP contribution in [0.4, 0.5) is 10.5 Å². The van der Waals surface area contributed by atoms with Crippen molar-refractivity contribution in [3.05, 3.63) is 108 Å². The van der Waals surface area contributed by atoms with Crippen LogP contribution in [-0.4, -0.2) is 41.2 Å². The van der Waals surface area contributed by atoms with E-state index >= 15 is 0 Å². The monoisotopic (exact) mass is 579 g/mol. The summed E-state index contributed by atoms with van der Waals surface area (Å²) in [6, 6.07) is 32.3. The van der Waals surface area contributed by atoms with Gasteiger partial charge in [-0.2, -0.15) is 4.98 Å². The van der Waals surface area contributed by atoms with Crippen LogP contribution in [0.3, 0.4) is 0 Å². The number of ether oxygens (including phenoxy) is 3. The summed E-state index contributed by atoms with van der Waals surface area (Å²) in [7, 11) is 0. The van der Waals surface area contributed by atoms with E-state index in [0.717, 1.165) is 53.9 Å². The van der Waals surface area contributed by atoms with Crippen LogP contribution in [0.2, 0.25) is 0 Å². The van der Waals surface area contributed by atoms with E-state index in [4.69, 9.17) is 19.2 Å². The summed E-state index contributed by atoms with van der Waals surface area (Å²) in [4.78, 5) is 19.1. The number of likely N-dealkylation sites (tertiary alicyclic amines) is 1. The Morgan fingerprint density at radius 2 is 1.51 bits per heavy atom. The van der Waals surface area contributed by atoms with Crippen LogP contribution in [0.5, 0.6) is 11.8 Å². The second-order valence-corrected chi connectivity index (χ2v) is 11.9. The van der Waals surface area contributed by atoms with Crippen LogP contribution < -0.4 is 14.8 Å². The number of aromatic nitrogens is 1. The van der Waals surface area contributed by atoms with Gasteiger partial charge in [0.1, 0.15) is 18.8 Å². The first-order chi connectivity index (χ1) is 20.8. The molecule has 7 heteroatoms. The van der Waals surface area contributed by atoms with Crippen LogP contribution >= 0.6 is 0 Å². The molecule has 1 N–H and O–H groups in total. The van der Waals surface area contributed by atoms with Crippen molar-refractivity contribution in [1.29, 1.82) is 0 Å². The maximum Gasteiger partial charge on any atom is 0.410 e. The van der Waals surface area contributed by atoms with Gasteiger partial charge in [0.05, 0.1) is 0 Å². The molecule has 1 fully saturated rings. The molecular formula is C36H41N3O4. The number of nitrogens with zero attached hydrogens (tertiary/aromatic N) is 2. The first-order valence-corrected chi connectivity index (χ1v) is 15.0. The van der Waals surface area contributed by atoms with E-state index in [-0.39, 0.29) is 6.09 Å². The lowest BCUT2D eigenvalue weighted by atomic mass is 9.98. The lowest BCUT2D eigenvalue weighted by molar-refractivity contribution is 0.0172.